The first-order chi connectivity index (χ1) is 14.3. The molecule has 0 bridgehead atoms. The van der Waals surface area contributed by atoms with Crippen molar-refractivity contribution in [3.05, 3.63) is 68.2 Å². The molecule has 0 spiro atoms. The van der Waals surface area contributed by atoms with Gasteiger partial charge in [0.05, 0.1) is 15.9 Å². The van der Waals surface area contributed by atoms with E-state index in [-0.39, 0.29) is 17.9 Å². The van der Waals surface area contributed by atoms with Gasteiger partial charge in [-0.05, 0) is 54.7 Å². The molecule has 1 unspecified atom stereocenters. The number of nitrogens with zero attached hydrogens (tertiary/aromatic N) is 1. The smallest absolute Gasteiger partial charge is 0.335 e. The number of aromatic carboxylic acids is 1. The van der Waals surface area contributed by atoms with E-state index in [9.17, 15) is 14.9 Å². The molecule has 0 heterocycles. The molecule has 160 valence electrons. The number of carboxylic acid groups (broad SMARTS) is 1. The van der Waals surface area contributed by atoms with Crippen LogP contribution in [0.2, 0.25) is 5.02 Å². The van der Waals surface area contributed by atoms with Crippen LogP contribution in [-0.2, 0) is 21.3 Å². The van der Waals surface area contributed by atoms with Crippen molar-refractivity contribution in [3.63, 3.8) is 0 Å². The molecule has 1 aliphatic carbocycles. The predicted octanol–water partition coefficient (Wildman–Crippen LogP) is 4.22. The van der Waals surface area contributed by atoms with E-state index >= 15 is 0 Å². The van der Waals surface area contributed by atoms with Crippen LogP contribution in [0.5, 0.6) is 5.75 Å². The highest BCUT2D eigenvalue weighted by molar-refractivity contribution is 6.30. The van der Waals surface area contributed by atoms with E-state index in [2.05, 4.69) is 0 Å². The topological polar surface area (TPSA) is 108 Å². The summed E-state index contributed by atoms with van der Waals surface area (Å²) in [6.07, 6.45) is 1.69. The van der Waals surface area contributed by atoms with Crippen LogP contribution >= 0.6 is 11.6 Å². The molecule has 0 radical (unpaired) electrons. The summed E-state index contributed by atoms with van der Waals surface area (Å²) in [5.74, 6) is -1.27. The van der Waals surface area contributed by atoms with Gasteiger partial charge in [0.1, 0.15) is 6.61 Å². The lowest BCUT2D eigenvalue weighted by Crippen LogP contribution is -2.49. The number of ether oxygens (including phenoxy) is 3. The molecule has 0 fully saturated rings. The molecule has 0 aromatic heterocycles. The van der Waals surface area contributed by atoms with Gasteiger partial charge < -0.3 is 19.3 Å². The van der Waals surface area contributed by atoms with Gasteiger partial charge >= 0.3 is 11.7 Å². The number of carboxylic acids is 1. The molecule has 0 saturated heterocycles. The number of nitro groups is 1. The fourth-order valence-electron chi connectivity index (χ4n) is 4.12. The van der Waals surface area contributed by atoms with E-state index in [4.69, 9.17) is 30.9 Å². The molecule has 1 aliphatic rings. The van der Waals surface area contributed by atoms with Crippen molar-refractivity contribution < 1.29 is 29.0 Å². The molecule has 3 rings (SSSR count). The molecule has 8 nitrogen and oxygen atoms in total. The molecule has 1 atom stereocenters. The number of benzene rings is 2. The number of nitro benzene ring substituents is 1. The lowest BCUT2D eigenvalue weighted by atomic mass is 9.69. The minimum absolute atomic E-state index is 0.0172. The Morgan fingerprint density at radius 1 is 1.27 bits per heavy atom. The minimum Gasteiger partial charge on any atom is -0.486 e. The first kappa shape index (κ1) is 22.0. The first-order valence-electron chi connectivity index (χ1n) is 9.31. The molecule has 0 amide bonds. The zero-order chi connectivity index (χ0) is 21.9. The summed E-state index contributed by atoms with van der Waals surface area (Å²) in [6, 6.07) is 9.16. The van der Waals surface area contributed by atoms with Crippen LogP contribution < -0.4 is 4.74 Å². The minimum atomic E-state index is -1.25. The monoisotopic (exact) mass is 435 g/mol. The van der Waals surface area contributed by atoms with Gasteiger partial charge in [0, 0.05) is 25.3 Å². The molecular formula is C21H22ClNO7. The Kier molecular flexibility index (Phi) is 6.60. The Morgan fingerprint density at radius 3 is 2.63 bits per heavy atom. The van der Waals surface area contributed by atoms with E-state index in [1.54, 1.807) is 6.07 Å². The Bertz CT molecular complexity index is 960. The average Bonchev–Trinajstić information content (AvgIpc) is 2.72. The van der Waals surface area contributed by atoms with Crippen LogP contribution in [0.25, 0.3) is 0 Å². The van der Waals surface area contributed by atoms with E-state index in [0.717, 1.165) is 30.0 Å². The Labute approximate surface area is 178 Å². The Hall–Kier alpha value is -2.68. The summed E-state index contributed by atoms with van der Waals surface area (Å²) in [6.45, 7) is 0.0429. The fourth-order valence-corrected chi connectivity index (χ4v) is 4.31. The van der Waals surface area contributed by atoms with Crippen molar-refractivity contribution >= 4 is 23.3 Å². The number of methoxy groups -OCH3 is 2. The molecule has 0 aliphatic heterocycles. The second kappa shape index (κ2) is 8.99. The SMILES string of the molecule is COC(OC)C1(COc2ccc(C(=O)O)cc2[N+](=O)[O-])CCCc2cc(Cl)ccc21. The third-order valence-corrected chi connectivity index (χ3v) is 5.67. The van der Waals surface area contributed by atoms with E-state index in [1.807, 2.05) is 12.1 Å². The quantitative estimate of drug-likeness (QED) is 0.375. The van der Waals surface area contributed by atoms with Crippen molar-refractivity contribution in [2.24, 2.45) is 0 Å². The lowest BCUT2D eigenvalue weighted by Gasteiger charge is -2.42. The number of aryl methyl sites for hydroxylation is 1. The fraction of sp³-hybridized carbons (Fsp3) is 0.381. The van der Waals surface area contributed by atoms with Crippen molar-refractivity contribution in [1.82, 2.24) is 0 Å². The number of fused-ring (bicyclic) bond motifs is 1. The average molecular weight is 436 g/mol. The van der Waals surface area contributed by atoms with Crippen LogP contribution in [0.4, 0.5) is 5.69 Å². The highest BCUT2D eigenvalue weighted by Gasteiger charge is 2.45. The van der Waals surface area contributed by atoms with Crippen molar-refractivity contribution in [2.75, 3.05) is 20.8 Å². The maximum atomic E-state index is 11.5. The summed E-state index contributed by atoms with van der Waals surface area (Å²) < 4.78 is 17.1. The number of rotatable bonds is 8. The molecule has 2 aromatic carbocycles. The van der Waals surface area contributed by atoms with Gasteiger partial charge in [-0.1, -0.05) is 17.7 Å². The van der Waals surface area contributed by atoms with Gasteiger partial charge in [0.25, 0.3) is 0 Å². The second-order valence-corrected chi connectivity index (χ2v) is 7.58. The van der Waals surface area contributed by atoms with Crippen LogP contribution in [-0.4, -0.2) is 43.1 Å². The third kappa shape index (κ3) is 4.12. The first-order valence-corrected chi connectivity index (χ1v) is 9.69. The van der Waals surface area contributed by atoms with E-state index < -0.39 is 28.3 Å². The van der Waals surface area contributed by atoms with Crippen LogP contribution in [0.15, 0.2) is 36.4 Å². The van der Waals surface area contributed by atoms with Gasteiger partial charge in [0.2, 0.25) is 0 Å². The molecule has 1 N–H and O–H groups in total. The van der Waals surface area contributed by atoms with Crippen LogP contribution in [0.1, 0.15) is 34.3 Å². The normalized spacial score (nSPS) is 18.1. The zero-order valence-electron chi connectivity index (χ0n) is 16.6. The number of carbonyl (C=O) groups is 1. The summed E-state index contributed by atoms with van der Waals surface area (Å²) in [5, 5.41) is 21.2. The van der Waals surface area contributed by atoms with E-state index in [1.165, 1.54) is 26.4 Å². The largest absolute Gasteiger partial charge is 0.486 e. The van der Waals surface area contributed by atoms with Gasteiger partial charge in [-0.2, -0.15) is 0 Å². The number of hydrogen-bond acceptors (Lipinski definition) is 6. The van der Waals surface area contributed by atoms with Gasteiger partial charge in [-0.25, -0.2) is 4.79 Å². The van der Waals surface area contributed by atoms with Crippen molar-refractivity contribution in [1.29, 1.82) is 0 Å². The summed E-state index contributed by atoms with van der Waals surface area (Å²) in [5.41, 5.74) is 0.682. The van der Waals surface area contributed by atoms with Crippen molar-refractivity contribution in [2.45, 2.75) is 31.0 Å². The van der Waals surface area contributed by atoms with Gasteiger partial charge in [-0.15, -0.1) is 0 Å². The van der Waals surface area contributed by atoms with Gasteiger partial charge in [0.15, 0.2) is 12.0 Å². The Morgan fingerprint density at radius 2 is 2.00 bits per heavy atom. The van der Waals surface area contributed by atoms with E-state index in [0.29, 0.717) is 11.4 Å². The summed E-state index contributed by atoms with van der Waals surface area (Å²) >= 11 is 6.17. The maximum Gasteiger partial charge on any atom is 0.335 e. The van der Waals surface area contributed by atoms with Gasteiger partial charge in [-0.3, -0.25) is 10.1 Å². The van der Waals surface area contributed by atoms with Crippen LogP contribution in [0, 0.1) is 10.1 Å². The third-order valence-electron chi connectivity index (χ3n) is 5.44. The molecular weight excluding hydrogens is 414 g/mol. The molecule has 30 heavy (non-hydrogen) atoms. The maximum absolute atomic E-state index is 11.5. The summed E-state index contributed by atoms with van der Waals surface area (Å²) in [4.78, 5) is 22.0. The van der Waals surface area contributed by atoms with Crippen molar-refractivity contribution in [3.8, 4) is 5.75 Å². The van der Waals surface area contributed by atoms with Crippen LogP contribution in [0.3, 0.4) is 0 Å². The molecule has 2 aromatic rings. The lowest BCUT2D eigenvalue weighted by molar-refractivity contribution is -0.386. The number of hydrogen-bond donors (Lipinski definition) is 1. The highest BCUT2D eigenvalue weighted by atomic mass is 35.5. The molecule has 0 saturated carbocycles. The zero-order valence-corrected chi connectivity index (χ0v) is 17.3. The summed E-state index contributed by atoms with van der Waals surface area (Å²) in [7, 11) is 3.06. The Balaban J connectivity index is 2.02. The highest BCUT2D eigenvalue weighted by Crippen LogP contribution is 2.43. The second-order valence-electron chi connectivity index (χ2n) is 7.15. The predicted molar refractivity (Wildman–Crippen MR) is 109 cm³/mol. The molecule has 9 heteroatoms. The standard InChI is InChI=1S/C21H22ClNO7/c1-28-20(29-2)21(9-3-4-13-10-15(22)6-7-16(13)21)12-30-18-8-5-14(19(24)25)11-17(18)23(26)27/h5-8,10-11,20H,3-4,9,12H2,1-2H3,(H,24,25). The number of halogens is 1.